The fourth-order valence-electron chi connectivity index (χ4n) is 1.90. The molecule has 0 aliphatic heterocycles. The monoisotopic (exact) mass is 244 g/mol. The molecule has 2 heterocycles. The molecule has 0 unspecified atom stereocenters. The minimum Gasteiger partial charge on any atom is -0.318 e. The van der Waals surface area contributed by atoms with Gasteiger partial charge in [-0.3, -0.25) is 14.4 Å². The molecule has 1 aliphatic rings. The number of carbonyl (C=O) groups excluding carboxylic acids is 2. The number of ketones is 2. The van der Waals surface area contributed by atoms with Gasteiger partial charge in [0.1, 0.15) is 17.2 Å². The second kappa shape index (κ2) is 3.43. The zero-order valence-electron chi connectivity index (χ0n) is 8.86. The topological polar surface area (TPSA) is 79.9 Å². The SMILES string of the molecule is O=C1c2cc(F)cnc2C(=O)c2[nH]c(=O)ccc21. The van der Waals surface area contributed by atoms with E-state index in [-0.39, 0.29) is 22.5 Å². The molecular weight excluding hydrogens is 239 g/mol. The molecule has 0 aromatic carbocycles. The molecule has 0 bridgehead atoms. The highest BCUT2D eigenvalue weighted by Crippen LogP contribution is 2.23. The lowest BCUT2D eigenvalue weighted by Gasteiger charge is -2.15. The lowest BCUT2D eigenvalue weighted by Crippen LogP contribution is -2.26. The van der Waals surface area contributed by atoms with E-state index < -0.39 is 22.9 Å². The van der Waals surface area contributed by atoms with Gasteiger partial charge in [0.2, 0.25) is 11.3 Å². The van der Waals surface area contributed by atoms with Crippen LogP contribution in [0.3, 0.4) is 0 Å². The van der Waals surface area contributed by atoms with Gasteiger partial charge < -0.3 is 4.98 Å². The first-order valence-corrected chi connectivity index (χ1v) is 5.06. The number of halogens is 1. The lowest BCUT2D eigenvalue weighted by molar-refractivity contribution is 0.0970. The number of nitrogens with zero attached hydrogens (tertiary/aromatic N) is 1. The van der Waals surface area contributed by atoms with Crippen LogP contribution in [-0.2, 0) is 0 Å². The number of fused-ring (bicyclic) bond motifs is 2. The Kier molecular flexibility index (Phi) is 2.00. The molecule has 0 fully saturated rings. The fourth-order valence-corrected chi connectivity index (χ4v) is 1.90. The van der Waals surface area contributed by atoms with Gasteiger partial charge >= 0.3 is 0 Å². The van der Waals surface area contributed by atoms with Crippen molar-refractivity contribution in [2.75, 3.05) is 0 Å². The van der Waals surface area contributed by atoms with Gasteiger partial charge in [0.25, 0.3) is 0 Å². The van der Waals surface area contributed by atoms with E-state index in [1.807, 2.05) is 0 Å². The van der Waals surface area contributed by atoms with Crippen LogP contribution in [0.2, 0.25) is 0 Å². The van der Waals surface area contributed by atoms with Crippen LogP contribution in [0.1, 0.15) is 32.1 Å². The van der Waals surface area contributed by atoms with E-state index in [0.717, 1.165) is 18.3 Å². The van der Waals surface area contributed by atoms with E-state index in [9.17, 15) is 18.8 Å². The second-order valence-corrected chi connectivity index (χ2v) is 3.82. The average molecular weight is 244 g/mol. The van der Waals surface area contributed by atoms with Gasteiger partial charge in [-0.25, -0.2) is 9.37 Å². The standard InChI is InChI=1S/C12H5FN2O3/c13-5-3-7-9(14-4-5)12(18)10-6(11(7)17)1-2-8(16)15-10/h1-4H,(H,15,16). The Morgan fingerprint density at radius 3 is 2.61 bits per heavy atom. The van der Waals surface area contributed by atoms with Crippen molar-refractivity contribution in [3.05, 3.63) is 63.1 Å². The van der Waals surface area contributed by atoms with Crippen LogP contribution in [0.5, 0.6) is 0 Å². The molecule has 5 nitrogen and oxygen atoms in total. The normalized spacial score (nSPS) is 13.2. The van der Waals surface area contributed by atoms with E-state index in [1.165, 1.54) is 6.07 Å². The summed E-state index contributed by atoms with van der Waals surface area (Å²) in [6.07, 6.45) is 0.857. The van der Waals surface area contributed by atoms with Crippen molar-refractivity contribution in [3.63, 3.8) is 0 Å². The summed E-state index contributed by atoms with van der Waals surface area (Å²) in [6.45, 7) is 0. The van der Waals surface area contributed by atoms with E-state index in [2.05, 4.69) is 9.97 Å². The number of nitrogens with one attached hydrogen (secondary N) is 1. The highest BCUT2D eigenvalue weighted by atomic mass is 19.1. The molecule has 88 valence electrons. The Hall–Kier alpha value is -2.63. The van der Waals surface area contributed by atoms with Crippen LogP contribution in [0, 0.1) is 5.82 Å². The van der Waals surface area contributed by atoms with Gasteiger partial charge in [0, 0.05) is 6.07 Å². The molecule has 6 heteroatoms. The quantitative estimate of drug-likeness (QED) is 0.630. The molecule has 3 rings (SSSR count). The molecule has 2 aromatic rings. The number of carbonyl (C=O) groups is 2. The van der Waals surface area contributed by atoms with Crippen LogP contribution >= 0.6 is 0 Å². The average Bonchev–Trinajstić information content (AvgIpc) is 2.36. The van der Waals surface area contributed by atoms with Crippen LogP contribution < -0.4 is 5.56 Å². The second-order valence-electron chi connectivity index (χ2n) is 3.82. The number of aromatic nitrogens is 2. The number of H-pyrrole nitrogens is 1. The summed E-state index contributed by atoms with van der Waals surface area (Å²) in [7, 11) is 0. The number of hydrogen-bond donors (Lipinski definition) is 1. The summed E-state index contributed by atoms with van der Waals surface area (Å²) in [5.74, 6) is -1.80. The summed E-state index contributed by atoms with van der Waals surface area (Å²) >= 11 is 0. The molecule has 0 atom stereocenters. The highest BCUT2D eigenvalue weighted by Gasteiger charge is 2.31. The van der Waals surface area contributed by atoms with E-state index in [1.54, 1.807) is 0 Å². The van der Waals surface area contributed by atoms with Gasteiger partial charge in [0.05, 0.1) is 17.3 Å². The van der Waals surface area contributed by atoms with Crippen molar-refractivity contribution in [2.45, 2.75) is 0 Å². The van der Waals surface area contributed by atoms with Crippen molar-refractivity contribution < 1.29 is 14.0 Å². The summed E-state index contributed by atoms with van der Waals surface area (Å²) in [5.41, 5.74) is -0.755. The third-order valence-corrected chi connectivity index (χ3v) is 2.70. The first-order chi connectivity index (χ1) is 8.58. The molecule has 0 saturated heterocycles. The van der Waals surface area contributed by atoms with Gasteiger partial charge in [0.15, 0.2) is 5.78 Å². The zero-order valence-corrected chi connectivity index (χ0v) is 8.86. The molecule has 0 spiro atoms. The smallest absolute Gasteiger partial charge is 0.248 e. The third kappa shape index (κ3) is 1.32. The summed E-state index contributed by atoms with van der Waals surface area (Å²) in [5, 5.41) is 0. The molecular formula is C12H5FN2O3. The van der Waals surface area contributed by atoms with Gasteiger partial charge in [-0.1, -0.05) is 0 Å². The van der Waals surface area contributed by atoms with E-state index in [0.29, 0.717) is 0 Å². The molecule has 0 radical (unpaired) electrons. The van der Waals surface area contributed by atoms with Crippen molar-refractivity contribution in [2.24, 2.45) is 0 Å². The lowest BCUT2D eigenvalue weighted by atomic mass is 9.90. The number of aromatic amines is 1. The molecule has 0 amide bonds. The van der Waals surface area contributed by atoms with Crippen molar-refractivity contribution in [3.8, 4) is 0 Å². The van der Waals surface area contributed by atoms with Crippen LogP contribution in [0.4, 0.5) is 4.39 Å². The van der Waals surface area contributed by atoms with Crippen molar-refractivity contribution in [1.82, 2.24) is 9.97 Å². The van der Waals surface area contributed by atoms with Crippen molar-refractivity contribution >= 4 is 11.6 Å². The van der Waals surface area contributed by atoms with Gasteiger partial charge in [-0.15, -0.1) is 0 Å². The maximum absolute atomic E-state index is 13.1. The third-order valence-electron chi connectivity index (χ3n) is 2.70. The molecule has 1 N–H and O–H groups in total. The van der Waals surface area contributed by atoms with Gasteiger partial charge in [-0.05, 0) is 12.1 Å². The summed E-state index contributed by atoms with van der Waals surface area (Å²) < 4.78 is 13.1. The van der Waals surface area contributed by atoms with Gasteiger partial charge in [-0.2, -0.15) is 0 Å². The molecule has 1 aliphatic carbocycles. The maximum Gasteiger partial charge on any atom is 0.248 e. The number of rotatable bonds is 0. The fraction of sp³-hybridized carbons (Fsp3) is 0. The minimum absolute atomic E-state index is 0.0551. The molecule has 0 saturated carbocycles. The Labute approximate surface area is 99.3 Å². The molecule has 18 heavy (non-hydrogen) atoms. The van der Waals surface area contributed by atoms with E-state index in [4.69, 9.17) is 0 Å². The predicted molar refractivity (Wildman–Crippen MR) is 58.1 cm³/mol. The largest absolute Gasteiger partial charge is 0.318 e. The predicted octanol–water partition coefficient (Wildman–Crippen LogP) is 0.684. The Balaban J connectivity index is 2.35. The zero-order chi connectivity index (χ0) is 12.9. The minimum atomic E-state index is -0.692. The summed E-state index contributed by atoms with van der Waals surface area (Å²) in [6, 6.07) is 3.36. The Bertz CT molecular complexity index is 764. The van der Waals surface area contributed by atoms with Crippen LogP contribution in [0.25, 0.3) is 0 Å². The molecule has 2 aromatic heterocycles. The van der Waals surface area contributed by atoms with Crippen LogP contribution in [0.15, 0.2) is 29.2 Å². The first kappa shape index (κ1) is 10.5. The number of hydrogen-bond acceptors (Lipinski definition) is 4. The van der Waals surface area contributed by atoms with Crippen molar-refractivity contribution in [1.29, 1.82) is 0 Å². The Morgan fingerprint density at radius 1 is 1.06 bits per heavy atom. The highest BCUT2D eigenvalue weighted by molar-refractivity contribution is 6.26. The van der Waals surface area contributed by atoms with Crippen LogP contribution in [-0.4, -0.2) is 21.5 Å². The first-order valence-electron chi connectivity index (χ1n) is 5.06. The Morgan fingerprint density at radius 2 is 1.83 bits per heavy atom. The maximum atomic E-state index is 13.1. The van der Waals surface area contributed by atoms with E-state index >= 15 is 0 Å². The number of pyridine rings is 2. The summed E-state index contributed by atoms with van der Waals surface area (Å²) in [4.78, 5) is 41.1.